The van der Waals surface area contributed by atoms with Gasteiger partial charge in [-0.1, -0.05) is 6.07 Å². The van der Waals surface area contributed by atoms with E-state index in [1.54, 1.807) is 18.2 Å². The number of hydrogen-bond donors (Lipinski definition) is 2. The molecule has 0 fully saturated rings. The van der Waals surface area contributed by atoms with Crippen LogP contribution >= 0.6 is 11.8 Å². The second kappa shape index (κ2) is 9.52. The molecule has 2 aromatic rings. The molecule has 2 N–H and O–H groups in total. The Morgan fingerprint density at radius 3 is 2.39 bits per heavy atom. The minimum atomic E-state index is -1.12. The average molecular weight is 446 g/mol. The molecule has 1 amide bonds. The molecule has 10 heteroatoms. The lowest BCUT2D eigenvalue weighted by atomic mass is 10.1. The number of nitrogens with one attached hydrogen (secondary N) is 1. The van der Waals surface area contributed by atoms with Crippen molar-refractivity contribution in [3.63, 3.8) is 0 Å². The maximum Gasteiger partial charge on any atom is 0.307 e. The molecule has 3 rings (SSSR count). The summed E-state index contributed by atoms with van der Waals surface area (Å²) in [6.07, 6.45) is 1.22. The summed E-state index contributed by atoms with van der Waals surface area (Å²) in [5.41, 5.74) is 1.06. The largest absolute Gasteiger partial charge is 0.493 e. The Kier molecular flexibility index (Phi) is 6.81. The number of ether oxygens (including phenoxy) is 3. The Labute approximate surface area is 181 Å². The van der Waals surface area contributed by atoms with E-state index in [1.807, 2.05) is 0 Å². The molecule has 1 heterocycles. The first-order valence-electron chi connectivity index (χ1n) is 8.94. The molecule has 31 heavy (non-hydrogen) atoms. The number of thioether (sulfide) groups is 1. The number of amides is 1. The number of hydrogen-bond acceptors (Lipinski definition) is 7. The van der Waals surface area contributed by atoms with Crippen LogP contribution in [-0.4, -0.2) is 43.5 Å². The number of benzene rings is 2. The standard InChI is InChI=1S/C21H19FN2O6S/c1-28-15-6-11(7-16(29-2)19(15)30-3)8-17-20(27)24-21(31-17)23-13-5-4-12(9-18(25)26)14(22)10-13/h4-8,10H,9H2,1-3H3,(H,25,26)(H,23,24,27)/b17-8-. The van der Waals surface area contributed by atoms with Crippen molar-refractivity contribution in [3.8, 4) is 17.2 Å². The van der Waals surface area contributed by atoms with Crippen LogP contribution in [0.15, 0.2) is 40.2 Å². The van der Waals surface area contributed by atoms with Crippen molar-refractivity contribution in [3.05, 3.63) is 52.2 Å². The van der Waals surface area contributed by atoms with E-state index < -0.39 is 24.1 Å². The third-order valence-electron chi connectivity index (χ3n) is 4.25. The summed E-state index contributed by atoms with van der Waals surface area (Å²) >= 11 is 1.09. The Morgan fingerprint density at radius 2 is 1.84 bits per heavy atom. The van der Waals surface area contributed by atoms with Gasteiger partial charge in [-0.15, -0.1) is 0 Å². The Morgan fingerprint density at radius 1 is 1.16 bits per heavy atom. The van der Waals surface area contributed by atoms with Crippen LogP contribution in [0.3, 0.4) is 0 Å². The maximum absolute atomic E-state index is 14.1. The summed E-state index contributed by atoms with van der Waals surface area (Å²) in [4.78, 5) is 27.3. The average Bonchev–Trinajstić information content (AvgIpc) is 3.07. The second-order valence-corrected chi connectivity index (χ2v) is 7.32. The van der Waals surface area contributed by atoms with Crippen LogP contribution in [-0.2, 0) is 16.0 Å². The number of carboxylic acid groups (broad SMARTS) is 1. The van der Waals surface area contributed by atoms with Crippen LogP contribution in [0.5, 0.6) is 17.2 Å². The summed E-state index contributed by atoms with van der Waals surface area (Å²) in [6, 6.07) is 7.46. The summed E-state index contributed by atoms with van der Waals surface area (Å²) < 4.78 is 30.0. The van der Waals surface area contributed by atoms with Gasteiger partial charge in [0.05, 0.1) is 32.7 Å². The number of nitrogens with zero attached hydrogens (tertiary/aromatic N) is 1. The van der Waals surface area contributed by atoms with Gasteiger partial charge in [0.15, 0.2) is 16.7 Å². The molecule has 162 valence electrons. The molecular formula is C21H19FN2O6S. The van der Waals surface area contributed by atoms with Gasteiger partial charge in [-0.3, -0.25) is 9.59 Å². The zero-order chi connectivity index (χ0) is 22.5. The van der Waals surface area contributed by atoms with Gasteiger partial charge in [0.1, 0.15) is 5.82 Å². The fraction of sp³-hybridized carbons (Fsp3) is 0.190. The molecule has 2 aromatic carbocycles. The van der Waals surface area contributed by atoms with E-state index in [2.05, 4.69) is 10.3 Å². The molecule has 0 bridgehead atoms. The summed E-state index contributed by atoms with van der Waals surface area (Å²) in [7, 11) is 4.49. The number of methoxy groups -OCH3 is 3. The molecule has 1 aliphatic heterocycles. The maximum atomic E-state index is 14.1. The van der Waals surface area contributed by atoms with Crippen molar-refractivity contribution in [1.82, 2.24) is 0 Å². The molecule has 0 unspecified atom stereocenters. The molecule has 1 aliphatic rings. The quantitative estimate of drug-likeness (QED) is 0.622. The Balaban J connectivity index is 1.78. The lowest BCUT2D eigenvalue weighted by Crippen LogP contribution is -2.07. The zero-order valence-corrected chi connectivity index (χ0v) is 17.7. The van der Waals surface area contributed by atoms with Crippen molar-refractivity contribution in [2.45, 2.75) is 6.42 Å². The normalized spacial score (nSPS) is 14.4. The highest BCUT2D eigenvalue weighted by Gasteiger charge is 2.23. The van der Waals surface area contributed by atoms with Crippen molar-refractivity contribution in [1.29, 1.82) is 0 Å². The molecule has 0 aromatic heterocycles. The summed E-state index contributed by atoms with van der Waals surface area (Å²) in [6.45, 7) is 0. The van der Waals surface area contributed by atoms with Gasteiger partial charge in [-0.05, 0) is 53.2 Å². The molecule has 0 spiro atoms. The number of aliphatic imine (C=N–C) groups is 1. The van der Waals surface area contributed by atoms with Gasteiger partial charge < -0.3 is 24.6 Å². The van der Waals surface area contributed by atoms with Crippen molar-refractivity contribution < 1.29 is 33.3 Å². The molecule has 0 saturated heterocycles. The van der Waals surface area contributed by atoms with Crippen molar-refractivity contribution >= 4 is 40.6 Å². The van der Waals surface area contributed by atoms with E-state index in [0.29, 0.717) is 33.4 Å². The van der Waals surface area contributed by atoms with Gasteiger partial charge in [-0.25, -0.2) is 4.39 Å². The number of carboxylic acids is 1. The van der Waals surface area contributed by atoms with Crippen LogP contribution in [0.4, 0.5) is 10.1 Å². The first kappa shape index (κ1) is 22.2. The van der Waals surface area contributed by atoms with Gasteiger partial charge in [-0.2, -0.15) is 4.99 Å². The highest BCUT2D eigenvalue weighted by Crippen LogP contribution is 2.39. The van der Waals surface area contributed by atoms with Crippen LogP contribution in [0.25, 0.3) is 6.08 Å². The van der Waals surface area contributed by atoms with E-state index in [9.17, 15) is 14.0 Å². The zero-order valence-electron chi connectivity index (χ0n) is 16.9. The number of carbonyl (C=O) groups is 2. The fourth-order valence-corrected chi connectivity index (χ4v) is 3.69. The lowest BCUT2D eigenvalue weighted by Gasteiger charge is -2.13. The first-order valence-corrected chi connectivity index (χ1v) is 9.76. The SMILES string of the molecule is COc1cc(/C=C2\SC(Nc3ccc(CC(=O)O)c(F)c3)=NC2=O)cc(OC)c1OC. The predicted molar refractivity (Wildman–Crippen MR) is 115 cm³/mol. The van der Waals surface area contributed by atoms with Gasteiger partial charge in [0.25, 0.3) is 5.91 Å². The number of rotatable bonds is 7. The van der Waals surface area contributed by atoms with Gasteiger partial charge >= 0.3 is 5.97 Å². The Hall–Kier alpha value is -3.53. The van der Waals surface area contributed by atoms with Crippen molar-refractivity contribution in [2.75, 3.05) is 26.6 Å². The minimum Gasteiger partial charge on any atom is -0.493 e. The van der Waals surface area contributed by atoms with E-state index in [4.69, 9.17) is 19.3 Å². The van der Waals surface area contributed by atoms with Crippen LogP contribution in [0, 0.1) is 5.82 Å². The molecule has 0 radical (unpaired) electrons. The second-order valence-electron chi connectivity index (χ2n) is 6.29. The summed E-state index contributed by atoms with van der Waals surface area (Å²) in [5.74, 6) is -0.910. The number of carbonyl (C=O) groups excluding carboxylic acids is 1. The lowest BCUT2D eigenvalue weighted by molar-refractivity contribution is -0.136. The van der Waals surface area contributed by atoms with Crippen LogP contribution < -0.4 is 19.5 Å². The first-order chi connectivity index (χ1) is 14.8. The number of amidine groups is 1. The molecule has 0 atom stereocenters. The molecule has 8 nitrogen and oxygen atoms in total. The predicted octanol–water partition coefficient (Wildman–Crippen LogP) is 3.56. The van der Waals surface area contributed by atoms with Gasteiger partial charge in [0, 0.05) is 5.69 Å². The number of halogens is 1. The monoisotopic (exact) mass is 446 g/mol. The minimum absolute atomic E-state index is 0.0677. The third kappa shape index (κ3) is 5.15. The fourth-order valence-electron chi connectivity index (χ4n) is 2.85. The molecular weight excluding hydrogens is 427 g/mol. The van der Waals surface area contributed by atoms with E-state index in [-0.39, 0.29) is 10.7 Å². The van der Waals surface area contributed by atoms with Crippen molar-refractivity contribution in [2.24, 2.45) is 4.99 Å². The topological polar surface area (TPSA) is 106 Å². The highest BCUT2D eigenvalue weighted by atomic mass is 32.2. The van der Waals surface area contributed by atoms with Gasteiger partial charge in [0.2, 0.25) is 5.75 Å². The third-order valence-corrected chi connectivity index (χ3v) is 5.15. The number of aliphatic carboxylic acids is 1. The number of anilines is 1. The molecule has 0 saturated carbocycles. The van der Waals surface area contributed by atoms with E-state index in [0.717, 1.165) is 17.8 Å². The highest BCUT2D eigenvalue weighted by molar-refractivity contribution is 8.18. The Bertz CT molecular complexity index is 1070. The van der Waals surface area contributed by atoms with Crippen LogP contribution in [0.1, 0.15) is 11.1 Å². The smallest absolute Gasteiger partial charge is 0.307 e. The van der Waals surface area contributed by atoms with E-state index >= 15 is 0 Å². The van der Waals surface area contributed by atoms with Crippen LogP contribution in [0.2, 0.25) is 0 Å². The molecule has 0 aliphatic carbocycles. The van der Waals surface area contributed by atoms with E-state index in [1.165, 1.54) is 33.5 Å². The summed E-state index contributed by atoms with van der Waals surface area (Å²) in [5, 5.41) is 11.9.